The van der Waals surface area contributed by atoms with E-state index in [2.05, 4.69) is 28.9 Å². The molecule has 0 bridgehead atoms. The Hall–Kier alpha value is -2.60. The molecule has 54 heavy (non-hydrogen) atoms. The highest BCUT2D eigenvalue weighted by Gasteiger charge is 2.51. The summed E-state index contributed by atoms with van der Waals surface area (Å²) in [5.41, 5.74) is -0.967. The number of rotatable bonds is 23. The van der Waals surface area contributed by atoms with Gasteiger partial charge in [-0.3, -0.25) is 19.5 Å². The molecule has 2 aromatic carbocycles. The summed E-state index contributed by atoms with van der Waals surface area (Å²) < 4.78 is 36.7. The Bertz CT molecular complexity index is 1470. The minimum Gasteiger partial charge on any atom is -0.496 e. The van der Waals surface area contributed by atoms with Gasteiger partial charge in [-0.05, 0) is 75.0 Å². The number of hydrogen-bond acceptors (Lipinski definition) is 9. The van der Waals surface area contributed by atoms with E-state index in [0.717, 1.165) is 12.8 Å². The van der Waals surface area contributed by atoms with Gasteiger partial charge < -0.3 is 23.3 Å². The summed E-state index contributed by atoms with van der Waals surface area (Å²) in [5.74, 6) is 0.406. The zero-order valence-electron chi connectivity index (χ0n) is 33.5. The van der Waals surface area contributed by atoms with Crippen molar-refractivity contribution in [2.24, 2.45) is 0 Å². The molecule has 0 spiro atoms. The summed E-state index contributed by atoms with van der Waals surface area (Å²) in [4.78, 5) is 27.1. The number of amides is 1. The first-order valence-electron chi connectivity index (χ1n) is 19.3. The van der Waals surface area contributed by atoms with Gasteiger partial charge in [-0.25, -0.2) is 4.79 Å². The number of benzene rings is 2. The SMILES string of the molecule is CCCCCCCCCCCCC/C=C/[C@H]1OC(C)(C)N(C(=O)OC(C)(C)C)[C@H]1COP(OC)OC(c1ccccc1)c1cc(OC)c(Br)cc1[N+](=O)[O-]. The summed E-state index contributed by atoms with van der Waals surface area (Å²) in [6.45, 7) is 11.4. The van der Waals surface area contributed by atoms with E-state index in [1.807, 2.05) is 71.0 Å². The van der Waals surface area contributed by atoms with Crippen molar-refractivity contribution in [3.63, 3.8) is 0 Å². The molecule has 3 rings (SSSR count). The zero-order valence-corrected chi connectivity index (χ0v) is 36.0. The molecule has 1 fully saturated rings. The van der Waals surface area contributed by atoms with E-state index in [1.165, 1.54) is 84.5 Å². The van der Waals surface area contributed by atoms with Gasteiger partial charge in [0.1, 0.15) is 29.3 Å². The van der Waals surface area contributed by atoms with Crippen LogP contribution in [0.25, 0.3) is 0 Å². The average molecular weight is 838 g/mol. The van der Waals surface area contributed by atoms with E-state index in [1.54, 1.807) is 11.0 Å². The molecule has 2 unspecified atom stereocenters. The second-order valence-corrected chi connectivity index (χ2v) is 17.2. The van der Waals surface area contributed by atoms with Gasteiger partial charge in [0, 0.05) is 13.2 Å². The van der Waals surface area contributed by atoms with E-state index < -0.39 is 49.2 Å². The molecular weight excluding hydrogens is 775 g/mol. The van der Waals surface area contributed by atoms with E-state index in [-0.39, 0.29) is 17.9 Å². The van der Waals surface area contributed by atoms with Crippen LogP contribution in [-0.4, -0.2) is 60.2 Å². The van der Waals surface area contributed by atoms with Gasteiger partial charge >= 0.3 is 14.7 Å². The zero-order chi connectivity index (χ0) is 39.7. The first kappa shape index (κ1) is 45.8. The molecule has 1 aliphatic heterocycles. The lowest BCUT2D eigenvalue weighted by Crippen LogP contribution is -2.51. The third kappa shape index (κ3) is 14.5. The quantitative estimate of drug-likeness (QED) is 0.0354. The van der Waals surface area contributed by atoms with E-state index in [9.17, 15) is 14.9 Å². The monoisotopic (exact) mass is 836 g/mol. The van der Waals surface area contributed by atoms with Crippen LogP contribution in [0.2, 0.25) is 0 Å². The summed E-state index contributed by atoms with van der Waals surface area (Å²) in [5, 5.41) is 12.3. The molecule has 1 saturated heterocycles. The van der Waals surface area contributed by atoms with Crippen LogP contribution in [0.4, 0.5) is 10.5 Å². The Morgan fingerprint density at radius 2 is 1.63 bits per heavy atom. The molecule has 0 saturated carbocycles. The highest BCUT2D eigenvalue weighted by Crippen LogP contribution is 2.50. The second kappa shape index (κ2) is 22.8. The van der Waals surface area contributed by atoms with Gasteiger partial charge in [0.15, 0.2) is 0 Å². The highest BCUT2D eigenvalue weighted by molar-refractivity contribution is 9.10. The number of nitro groups is 1. The minimum absolute atomic E-state index is 0.0110. The predicted octanol–water partition coefficient (Wildman–Crippen LogP) is 12.4. The Labute approximate surface area is 332 Å². The van der Waals surface area contributed by atoms with Crippen LogP contribution in [0.5, 0.6) is 5.75 Å². The highest BCUT2D eigenvalue weighted by atomic mass is 79.9. The molecule has 0 radical (unpaired) electrons. The molecule has 0 N–H and O–H groups in total. The number of carbonyl (C=O) groups excluding carboxylic acids is 1. The maximum atomic E-state index is 13.7. The number of unbranched alkanes of at least 4 members (excludes halogenated alkanes) is 11. The van der Waals surface area contributed by atoms with Crippen molar-refractivity contribution in [1.82, 2.24) is 4.90 Å². The van der Waals surface area contributed by atoms with Crippen molar-refractivity contribution < 1.29 is 37.5 Å². The molecule has 302 valence electrons. The van der Waals surface area contributed by atoms with Crippen LogP contribution in [0.3, 0.4) is 0 Å². The molecular formula is C41H62BrN2O9P. The van der Waals surface area contributed by atoms with Gasteiger partial charge in [0.25, 0.3) is 5.69 Å². The summed E-state index contributed by atoms with van der Waals surface area (Å²) >= 11 is 3.37. The van der Waals surface area contributed by atoms with Crippen LogP contribution < -0.4 is 4.74 Å². The fourth-order valence-corrected chi connectivity index (χ4v) is 7.96. The average Bonchev–Trinajstić information content (AvgIpc) is 3.38. The summed E-state index contributed by atoms with van der Waals surface area (Å²) in [7, 11) is 0.849. The third-order valence-electron chi connectivity index (χ3n) is 9.18. The molecule has 1 heterocycles. The number of halogens is 1. The van der Waals surface area contributed by atoms with Crippen molar-refractivity contribution in [3.05, 3.63) is 80.3 Å². The number of allylic oxidation sites excluding steroid dienone is 1. The normalized spacial score (nSPS) is 18.2. The van der Waals surface area contributed by atoms with Gasteiger partial charge in [-0.2, -0.15) is 0 Å². The standard InChI is InChI=1S/C41H62BrN2O9P/c1-9-10-11-12-13-14-15-16-17-18-19-20-24-27-36-35(43(41(5,6)51-36)39(45)52-40(2,3)4)30-50-54(49-8)53-38(31-25-22-21-23-26-31)32-28-37(48-7)33(42)29-34(32)44(46)47/h21-29,35-36,38H,9-20,30H2,1-8H3/b27-24+/t35-,36+,38?,54?/m0/s1. The number of nitro benzene ring substituents is 1. The van der Waals surface area contributed by atoms with Gasteiger partial charge in [-0.1, -0.05) is 114 Å². The van der Waals surface area contributed by atoms with Crippen LogP contribution >= 0.6 is 24.5 Å². The van der Waals surface area contributed by atoms with E-state index in [0.29, 0.717) is 15.8 Å². The molecule has 0 aromatic heterocycles. The van der Waals surface area contributed by atoms with E-state index >= 15 is 0 Å². The molecule has 0 aliphatic carbocycles. The first-order valence-corrected chi connectivity index (χ1v) is 21.2. The van der Waals surface area contributed by atoms with Gasteiger partial charge in [0.05, 0.1) is 34.7 Å². The third-order valence-corrected chi connectivity index (χ3v) is 10.8. The Morgan fingerprint density at radius 1 is 1.02 bits per heavy atom. The summed E-state index contributed by atoms with van der Waals surface area (Å²) in [6, 6.07) is 11.5. The van der Waals surface area contributed by atoms with Gasteiger partial charge in [0.2, 0.25) is 0 Å². The number of nitrogens with zero attached hydrogens (tertiary/aromatic N) is 2. The van der Waals surface area contributed by atoms with E-state index in [4.69, 9.17) is 27.8 Å². The Morgan fingerprint density at radius 3 is 2.19 bits per heavy atom. The van der Waals surface area contributed by atoms with Crippen molar-refractivity contribution >= 4 is 36.3 Å². The Balaban J connectivity index is 1.76. The molecule has 1 aliphatic rings. The lowest BCUT2D eigenvalue weighted by Gasteiger charge is -2.35. The van der Waals surface area contributed by atoms with Gasteiger partial charge in [-0.15, -0.1) is 0 Å². The van der Waals surface area contributed by atoms with Crippen LogP contribution in [0.15, 0.2) is 59.1 Å². The van der Waals surface area contributed by atoms with Crippen molar-refractivity contribution in [3.8, 4) is 5.75 Å². The fraction of sp³-hybridized carbons (Fsp3) is 0.634. The lowest BCUT2D eigenvalue weighted by atomic mass is 10.00. The largest absolute Gasteiger partial charge is 0.496 e. The maximum Gasteiger partial charge on any atom is 0.413 e. The van der Waals surface area contributed by atoms with Crippen molar-refractivity contribution in [2.45, 2.75) is 148 Å². The Kier molecular flexibility index (Phi) is 19.4. The predicted molar refractivity (Wildman–Crippen MR) is 218 cm³/mol. The smallest absolute Gasteiger partial charge is 0.413 e. The van der Waals surface area contributed by atoms with Crippen LogP contribution in [-0.2, 0) is 23.0 Å². The fourth-order valence-electron chi connectivity index (χ4n) is 6.53. The molecule has 2 aromatic rings. The lowest BCUT2D eigenvalue weighted by molar-refractivity contribution is -0.386. The topological polar surface area (TPSA) is 119 Å². The molecule has 13 heteroatoms. The second-order valence-electron chi connectivity index (χ2n) is 15.1. The first-order chi connectivity index (χ1) is 25.7. The minimum atomic E-state index is -2.10. The maximum absolute atomic E-state index is 13.7. The van der Waals surface area contributed by atoms with Crippen molar-refractivity contribution in [2.75, 3.05) is 20.8 Å². The van der Waals surface area contributed by atoms with Crippen LogP contribution in [0.1, 0.15) is 136 Å². The number of carbonyl (C=O) groups is 1. The number of methoxy groups -OCH3 is 1. The van der Waals surface area contributed by atoms with Crippen LogP contribution in [0, 0.1) is 10.1 Å². The molecule has 1 amide bonds. The molecule has 4 atom stereocenters. The molecule has 11 nitrogen and oxygen atoms in total. The number of hydrogen-bond donors (Lipinski definition) is 0. The van der Waals surface area contributed by atoms with Crippen molar-refractivity contribution in [1.29, 1.82) is 0 Å². The summed E-state index contributed by atoms with van der Waals surface area (Å²) in [6.07, 6.45) is 17.2. The number of ether oxygens (including phenoxy) is 3.